The van der Waals surface area contributed by atoms with Crippen molar-refractivity contribution >= 4 is 13.3 Å². The first-order chi connectivity index (χ1) is 10.1. The molecule has 0 spiro atoms. The number of rotatable bonds is 3. The number of hydrogen-bond donors (Lipinski definition) is 0. The highest BCUT2D eigenvalue weighted by atomic mass is 28.3. The first-order valence-corrected chi connectivity index (χ1v) is 11.1. The second kappa shape index (κ2) is 5.41. The van der Waals surface area contributed by atoms with E-state index in [1.807, 2.05) is 7.11 Å². The molecule has 1 aromatic rings. The number of allylic oxidation sites excluding steroid dienone is 4. The minimum atomic E-state index is -1.79. The van der Waals surface area contributed by atoms with Crippen LogP contribution in [0.4, 0.5) is 0 Å². The van der Waals surface area contributed by atoms with Crippen molar-refractivity contribution in [1.82, 2.24) is 0 Å². The van der Waals surface area contributed by atoms with Gasteiger partial charge in [-0.15, -0.1) is 0 Å². The molecule has 1 aliphatic carbocycles. The molecule has 1 nitrogen and oxygen atoms in total. The maximum atomic E-state index is 5.92. The minimum Gasteiger partial charge on any atom is -0.497 e. The second-order valence-corrected chi connectivity index (χ2v) is 13.0. The molecule has 0 radical (unpaired) electrons. The Kier molecular flexibility index (Phi) is 4.20. The van der Waals surface area contributed by atoms with E-state index in [9.17, 15) is 0 Å². The summed E-state index contributed by atoms with van der Waals surface area (Å²) in [6.45, 7) is 16.3. The molecule has 2 heteroatoms. The third-order valence-electron chi connectivity index (χ3n) is 5.59. The van der Waals surface area contributed by atoms with E-state index in [1.165, 1.54) is 16.3 Å². The average molecular weight is 315 g/mol. The van der Waals surface area contributed by atoms with Crippen LogP contribution in [-0.2, 0) is 5.41 Å². The van der Waals surface area contributed by atoms with E-state index >= 15 is 0 Å². The second-order valence-electron chi connectivity index (χ2n) is 8.17. The van der Waals surface area contributed by atoms with Crippen LogP contribution in [0.15, 0.2) is 42.0 Å². The lowest BCUT2D eigenvalue weighted by atomic mass is 9.86. The third kappa shape index (κ3) is 2.48. The van der Waals surface area contributed by atoms with Crippen molar-refractivity contribution in [3.8, 4) is 5.75 Å². The highest BCUT2D eigenvalue weighted by molar-refractivity contribution is 6.94. The van der Waals surface area contributed by atoms with E-state index in [4.69, 9.17) is 4.74 Å². The highest BCUT2D eigenvalue weighted by Crippen LogP contribution is 2.49. The van der Waals surface area contributed by atoms with E-state index in [1.54, 1.807) is 0 Å². The van der Waals surface area contributed by atoms with Crippen molar-refractivity contribution < 1.29 is 4.74 Å². The fourth-order valence-corrected chi connectivity index (χ4v) is 6.97. The number of hydrogen-bond acceptors (Lipinski definition) is 1. The highest BCUT2D eigenvalue weighted by Gasteiger charge is 2.46. The lowest BCUT2D eigenvalue weighted by Gasteiger charge is -2.42. The van der Waals surface area contributed by atoms with Gasteiger partial charge in [0.25, 0.3) is 0 Å². The smallest absolute Gasteiger partial charge is 0.121 e. The SMILES string of the molecule is COc1c(C(C)(C)C)cccc1[Si](C)(C)C1(C)C=CC=C1C. The molecular weight excluding hydrogens is 284 g/mol. The Morgan fingerprint density at radius 3 is 2.23 bits per heavy atom. The van der Waals surface area contributed by atoms with Gasteiger partial charge in [0.1, 0.15) is 5.75 Å². The molecule has 1 aromatic carbocycles. The van der Waals surface area contributed by atoms with Gasteiger partial charge in [0.2, 0.25) is 0 Å². The van der Waals surface area contributed by atoms with Crippen LogP contribution >= 0.6 is 0 Å². The number of ether oxygens (including phenoxy) is 1. The summed E-state index contributed by atoms with van der Waals surface area (Å²) >= 11 is 0. The van der Waals surface area contributed by atoms with Crippen LogP contribution < -0.4 is 9.92 Å². The van der Waals surface area contributed by atoms with Crippen molar-refractivity contribution in [2.24, 2.45) is 0 Å². The summed E-state index contributed by atoms with van der Waals surface area (Å²) < 4.78 is 5.92. The van der Waals surface area contributed by atoms with Gasteiger partial charge in [-0.1, -0.05) is 82.8 Å². The van der Waals surface area contributed by atoms with E-state index in [0.29, 0.717) is 0 Å². The molecule has 0 fully saturated rings. The zero-order valence-corrected chi connectivity index (χ0v) is 16.4. The molecule has 0 amide bonds. The van der Waals surface area contributed by atoms with Crippen LogP contribution in [0, 0.1) is 0 Å². The standard InChI is InChI=1S/C20H30OSi/c1-15-11-10-14-20(15,5)22(7,8)17-13-9-12-16(18(17)21-6)19(2,3)4/h9-14H,1-8H3. The molecule has 1 aliphatic rings. The Morgan fingerprint density at radius 1 is 1.14 bits per heavy atom. The monoisotopic (exact) mass is 314 g/mol. The van der Waals surface area contributed by atoms with E-state index in [2.05, 4.69) is 84.1 Å². The maximum Gasteiger partial charge on any atom is 0.121 e. The number of para-hydroxylation sites is 1. The molecule has 22 heavy (non-hydrogen) atoms. The molecular formula is C20H30OSi. The molecule has 0 aliphatic heterocycles. The molecule has 0 saturated heterocycles. The van der Waals surface area contributed by atoms with Gasteiger partial charge in [0.15, 0.2) is 0 Å². The summed E-state index contributed by atoms with van der Waals surface area (Å²) in [6, 6.07) is 6.70. The lowest BCUT2D eigenvalue weighted by Crippen LogP contribution is -2.52. The Hall–Kier alpha value is -1.28. The summed E-state index contributed by atoms with van der Waals surface area (Å²) in [5, 5.41) is 1.57. The van der Waals surface area contributed by atoms with Crippen molar-refractivity contribution in [1.29, 1.82) is 0 Å². The van der Waals surface area contributed by atoms with E-state index in [0.717, 1.165) is 5.75 Å². The van der Waals surface area contributed by atoms with Crippen molar-refractivity contribution in [2.45, 2.75) is 58.2 Å². The summed E-state index contributed by atoms with van der Waals surface area (Å²) in [4.78, 5) is 0. The lowest BCUT2D eigenvalue weighted by molar-refractivity contribution is 0.400. The maximum absolute atomic E-state index is 5.92. The molecule has 2 rings (SSSR count). The van der Waals surface area contributed by atoms with Crippen LogP contribution in [0.5, 0.6) is 5.75 Å². The van der Waals surface area contributed by atoms with Crippen molar-refractivity contribution in [2.75, 3.05) is 7.11 Å². The van der Waals surface area contributed by atoms with Crippen LogP contribution in [0.2, 0.25) is 18.1 Å². The molecule has 0 aromatic heterocycles. The van der Waals surface area contributed by atoms with Crippen molar-refractivity contribution in [3.63, 3.8) is 0 Å². The Balaban J connectivity index is 2.67. The van der Waals surface area contributed by atoms with Gasteiger partial charge in [0.05, 0.1) is 15.2 Å². The van der Waals surface area contributed by atoms with Crippen LogP contribution in [0.3, 0.4) is 0 Å². The minimum absolute atomic E-state index is 0.0864. The van der Waals surface area contributed by atoms with Gasteiger partial charge in [-0.3, -0.25) is 0 Å². The third-order valence-corrected chi connectivity index (χ3v) is 10.5. The van der Waals surface area contributed by atoms with E-state index < -0.39 is 8.07 Å². The average Bonchev–Trinajstić information content (AvgIpc) is 2.78. The fraction of sp³-hybridized carbons (Fsp3) is 0.500. The summed E-state index contributed by atoms with van der Waals surface area (Å²) in [5.41, 5.74) is 2.86. The van der Waals surface area contributed by atoms with Crippen LogP contribution in [0.25, 0.3) is 0 Å². The van der Waals surface area contributed by atoms with E-state index in [-0.39, 0.29) is 10.5 Å². The molecule has 0 heterocycles. The fourth-order valence-electron chi connectivity index (χ4n) is 3.51. The molecule has 120 valence electrons. The topological polar surface area (TPSA) is 9.23 Å². The number of benzene rings is 1. The summed E-state index contributed by atoms with van der Waals surface area (Å²) in [7, 11) is 0.0241. The molecule has 1 atom stereocenters. The van der Waals surface area contributed by atoms with Gasteiger partial charge >= 0.3 is 0 Å². The summed E-state index contributed by atoms with van der Waals surface area (Å²) in [5.74, 6) is 1.10. The Bertz CT molecular complexity index is 632. The Labute approximate surface area is 137 Å². The zero-order valence-electron chi connectivity index (χ0n) is 15.4. The van der Waals surface area contributed by atoms with Gasteiger partial charge < -0.3 is 4.74 Å². The molecule has 1 unspecified atom stereocenters. The molecule has 0 bridgehead atoms. The Morgan fingerprint density at radius 2 is 1.77 bits per heavy atom. The zero-order chi connectivity index (χ0) is 16.8. The van der Waals surface area contributed by atoms with Crippen molar-refractivity contribution in [3.05, 3.63) is 47.6 Å². The number of methoxy groups -OCH3 is 1. The van der Waals surface area contributed by atoms with Crippen LogP contribution in [-0.4, -0.2) is 15.2 Å². The molecule has 0 saturated carbocycles. The van der Waals surface area contributed by atoms with Gasteiger partial charge in [-0.25, -0.2) is 0 Å². The molecule has 0 N–H and O–H groups in total. The first kappa shape index (κ1) is 17.1. The first-order valence-electron chi connectivity index (χ1n) is 8.10. The summed E-state index contributed by atoms with van der Waals surface area (Å²) in [6.07, 6.45) is 6.86. The largest absolute Gasteiger partial charge is 0.497 e. The predicted octanol–water partition coefficient (Wildman–Crippen LogP) is 5.18. The van der Waals surface area contributed by atoms with Gasteiger partial charge in [0, 0.05) is 5.04 Å². The van der Waals surface area contributed by atoms with Gasteiger partial charge in [-0.05, 0) is 23.1 Å². The van der Waals surface area contributed by atoms with Crippen LogP contribution in [0.1, 0.15) is 40.2 Å². The predicted molar refractivity (Wildman–Crippen MR) is 100 cm³/mol. The normalized spacial score (nSPS) is 21.9. The quantitative estimate of drug-likeness (QED) is 0.698. The van der Waals surface area contributed by atoms with Gasteiger partial charge in [-0.2, -0.15) is 0 Å².